The lowest BCUT2D eigenvalue weighted by Crippen LogP contribution is -2.38. The number of imidazole rings is 2. The first-order valence-electron chi connectivity index (χ1n) is 17.4. The average Bonchev–Trinajstić information content (AvgIpc) is 3.98. The monoisotopic (exact) mass is 754 g/mol. The molecule has 1 saturated heterocycles. The van der Waals surface area contributed by atoms with Gasteiger partial charge in [-0.15, -0.1) is 0 Å². The number of likely N-dealkylation sites (tertiary alicyclic amines) is 1. The highest BCUT2D eigenvalue weighted by molar-refractivity contribution is 5.81. The number of carbonyl (C=O) groups excluding carboxylic acids is 3. The predicted molar refractivity (Wildman–Crippen MR) is 209 cm³/mol. The Labute approximate surface area is 317 Å². The SMILES string of the molecule is C=O.CC.CC(O)C(=O)N1CC(O)CC1c1ncc(-c2ccc(-c3ccc(-c4cnc(CN(C)CCCO)[nH]4)cc3)cc2)[nH]1.CN.CNCC=O.O=CO. The molecule has 4 aromatic rings. The second-order valence-electron chi connectivity index (χ2n) is 11.3. The standard InChI is InChI=1S/C30H36N6O4.C3H7NO.C2H6.CH5N.CH2O2.CH2O/c1-19(38)30(40)36-17-24(39)14-27(36)29-32-16-26(34-29)23-10-6-21(7-11-23)20-4-8-22(9-5-20)25-15-31-28(33-25)18-35(2)12-3-13-37;1-4-2-3-5;2*1-2;2-1-3;1-2/h4-11,15-16,19,24,27,37-39H,3,12-14,17-18H2,1-2H3,(H,31,33)(H,32,34);3-4H,2H2,1H3;1-2H3;2H2,1H3;1H,(H,2,3);1H2. The molecule has 2 aromatic carbocycles. The lowest BCUT2D eigenvalue weighted by atomic mass is 10.0. The zero-order valence-corrected chi connectivity index (χ0v) is 32.1. The van der Waals surface area contributed by atoms with Crippen LogP contribution in [0.15, 0.2) is 60.9 Å². The fraction of sp³-hybridized carbons (Fsp3) is 0.421. The Balaban J connectivity index is 0.00000176. The smallest absolute Gasteiger partial charge is 0.290 e. The van der Waals surface area contributed by atoms with Gasteiger partial charge in [0.15, 0.2) is 0 Å². The first-order valence-corrected chi connectivity index (χ1v) is 17.4. The van der Waals surface area contributed by atoms with E-state index < -0.39 is 24.2 Å². The number of carboxylic acid groups (broad SMARTS) is 1. The van der Waals surface area contributed by atoms with Crippen molar-refractivity contribution in [3.63, 3.8) is 0 Å². The Morgan fingerprint density at radius 2 is 1.48 bits per heavy atom. The molecule has 0 bridgehead atoms. The van der Waals surface area contributed by atoms with Crippen LogP contribution < -0.4 is 11.1 Å². The highest BCUT2D eigenvalue weighted by atomic mass is 16.3. The van der Waals surface area contributed by atoms with E-state index in [1.807, 2.05) is 46.0 Å². The number of aldehydes is 1. The maximum absolute atomic E-state index is 12.4. The number of nitrogens with one attached hydrogen (secondary N) is 3. The Hall–Kier alpha value is -5.10. The number of aliphatic hydroxyl groups excluding tert-OH is 3. The summed E-state index contributed by atoms with van der Waals surface area (Å²) >= 11 is 0. The van der Waals surface area contributed by atoms with Crippen molar-refractivity contribution < 1.29 is 39.6 Å². The van der Waals surface area contributed by atoms with Crippen LogP contribution >= 0.6 is 0 Å². The maximum atomic E-state index is 12.4. The number of rotatable bonds is 12. The molecular formula is C38H58N8O8. The Morgan fingerprint density at radius 3 is 1.93 bits per heavy atom. The van der Waals surface area contributed by atoms with E-state index in [9.17, 15) is 19.8 Å². The van der Waals surface area contributed by atoms with Gasteiger partial charge < -0.3 is 55.9 Å². The summed E-state index contributed by atoms with van der Waals surface area (Å²) in [4.78, 5) is 57.4. The molecule has 16 heteroatoms. The first kappa shape index (κ1) is 48.9. The van der Waals surface area contributed by atoms with Crippen LogP contribution in [0.25, 0.3) is 33.6 Å². The zero-order valence-electron chi connectivity index (χ0n) is 32.1. The maximum Gasteiger partial charge on any atom is 0.290 e. The second kappa shape index (κ2) is 28.4. The molecule has 3 heterocycles. The molecule has 1 aliphatic rings. The minimum Gasteiger partial charge on any atom is -0.483 e. The summed E-state index contributed by atoms with van der Waals surface area (Å²) in [6.45, 7) is 9.52. The van der Waals surface area contributed by atoms with E-state index in [4.69, 9.17) is 19.8 Å². The third-order valence-corrected chi connectivity index (χ3v) is 7.59. The number of carbonyl (C=O) groups is 4. The number of nitrogens with zero attached hydrogens (tertiary/aromatic N) is 4. The Kier molecular flexibility index (Phi) is 25.7. The summed E-state index contributed by atoms with van der Waals surface area (Å²) in [6.07, 6.45) is 3.75. The number of aromatic nitrogens is 4. The fourth-order valence-electron chi connectivity index (χ4n) is 5.24. The highest BCUT2D eigenvalue weighted by Gasteiger charge is 2.38. The molecule has 298 valence electrons. The molecule has 0 saturated carbocycles. The van der Waals surface area contributed by atoms with Crippen LogP contribution in [0.1, 0.15) is 51.3 Å². The van der Waals surface area contributed by atoms with Gasteiger partial charge in [-0.2, -0.15) is 0 Å². The van der Waals surface area contributed by atoms with E-state index in [2.05, 4.69) is 72.3 Å². The van der Waals surface area contributed by atoms with E-state index in [1.54, 1.807) is 13.2 Å². The number of amides is 1. The molecule has 1 aliphatic heterocycles. The van der Waals surface area contributed by atoms with Gasteiger partial charge in [-0.1, -0.05) is 62.4 Å². The van der Waals surface area contributed by atoms with Crippen molar-refractivity contribution >= 4 is 25.5 Å². The molecule has 1 fully saturated rings. The Morgan fingerprint density at radius 1 is 1.00 bits per heavy atom. The van der Waals surface area contributed by atoms with Gasteiger partial charge in [0.1, 0.15) is 30.8 Å². The Bertz CT molecular complexity index is 1580. The van der Waals surface area contributed by atoms with Crippen molar-refractivity contribution in [1.82, 2.24) is 35.1 Å². The van der Waals surface area contributed by atoms with E-state index in [-0.39, 0.29) is 19.6 Å². The number of aromatic amines is 2. The summed E-state index contributed by atoms with van der Waals surface area (Å²) in [5.74, 6) is 1.08. The number of hydrogen-bond acceptors (Lipinski definition) is 12. The molecule has 54 heavy (non-hydrogen) atoms. The number of benzene rings is 2. The molecule has 0 spiro atoms. The van der Waals surface area contributed by atoms with Gasteiger partial charge in [-0.3, -0.25) is 14.5 Å². The van der Waals surface area contributed by atoms with Crippen molar-refractivity contribution in [2.45, 2.75) is 58.4 Å². The third kappa shape index (κ3) is 15.9. The lowest BCUT2D eigenvalue weighted by Gasteiger charge is -2.24. The predicted octanol–water partition coefficient (Wildman–Crippen LogP) is 2.48. The fourth-order valence-corrected chi connectivity index (χ4v) is 5.24. The van der Waals surface area contributed by atoms with Crippen LogP contribution in [0, 0.1) is 0 Å². The lowest BCUT2D eigenvalue weighted by molar-refractivity contribution is -0.140. The van der Waals surface area contributed by atoms with E-state index in [0.29, 0.717) is 25.3 Å². The summed E-state index contributed by atoms with van der Waals surface area (Å²) in [7, 11) is 5.24. The second-order valence-corrected chi connectivity index (χ2v) is 11.3. The van der Waals surface area contributed by atoms with E-state index in [1.165, 1.54) is 18.9 Å². The van der Waals surface area contributed by atoms with Crippen LogP contribution in [0.3, 0.4) is 0 Å². The van der Waals surface area contributed by atoms with Crippen molar-refractivity contribution in [2.75, 3.05) is 47.4 Å². The van der Waals surface area contributed by atoms with Gasteiger partial charge in [-0.05, 0) is 56.7 Å². The summed E-state index contributed by atoms with van der Waals surface area (Å²) in [5.41, 5.74) is 10.5. The minimum atomic E-state index is -1.13. The molecule has 16 nitrogen and oxygen atoms in total. The molecular weight excluding hydrogens is 696 g/mol. The summed E-state index contributed by atoms with van der Waals surface area (Å²) in [5, 5.41) is 38.4. The number of nitrogens with two attached hydrogens (primary N) is 1. The number of aliphatic hydroxyl groups is 3. The molecule has 3 atom stereocenters. The molecule has 0 aliphatic carbocycles. The molecule has 1 amide bonds. The quantitative estimate of drug-likeness (QED) is 0.0970. The van der Waals surface area contributed by atoms with Gasteiger partial charge in [0.25, 0.3) is 12.4 Å². The molecule has 9 N–H and O–H groups in total. The number of β-amino-alcohol motifs (C(OH)–C–C–N with tert-alkyl or cyclic N) is 1. The van der Waals surface area contributed by atoms with Crippen molar-refractivity contribution in [1.29, 1.82) is 0 Å². The van der Waals surface area contributed by atoms with Crippen LogP contribution in [0.5, 0.6) is 0 Å². The van der Waals surface area contributed by atoms with E-state index >= 15 is 0 Å². The van der Waals surface area contributed by atoms with Crippen molar-refractivity contribution in [3.05, 3.63) is 72.6 Å². The summed E-state index contributed by atoms with van der Waals surface area (Å²) < 4.78 is 0. The van der Waals surface area contributed by atoms with Crippen LogP contribution in [-0.2, 0) is 25.7 Å². The highest BCUT2D eigenvalue weighted by Crippen LogP contribution is 2.33. The van der Waals surface area contributed by atoms with Gasteiger partial charge in [0, 0.05) is 26.1 Å². The molecule has 2 aromatic heterocycles. The van der Waals surface area contributed by atoms with Crippen molar-refractivity contribution in [3.8, 4) is 33.6 Å². The first-order chi connectivity index (χ1) is 26.1. The number of likely N-dealkylation sites (N-methyl/N-ethyl adjacent to an activating group) is 1. The molecule has 0 radical (unpaired) electrons. The van der Waals surface area contributed by atoms with Crippen LogP contribution in [0.2, 0.25) is 0 Å². The average molecular weight is 755 g/mol. The molecule has 5 rings (SSSR count). The third-order valence-electron chi connectivity index (χ3n) is 7.59. The zero-order chi connectivity index (χ0) is 41.1. The molecule has 3 unspecified atom stereocenters. The van der Waals surface area contributed by atoms with Gasteiger partial charge >= 0.3 is 0 Å². The van der Waals surface area contributed by atoms with Crippen LogP contribution in [-0.4, -0.2) is 135 Å². The van der Waals surface area contributed by atoms with Crippen LogP contribution in [0.4, 0.5) is 0 Å². The van der Waals surface area contributed by atoms with Gasteiger partial charge in [0.2, 0.25) is 0 Å². The topological polar surface area (TPSA) is 251 Å². The normalized spacial score (nSPS) is 14.5. The van der Waals surface area contributed by atoms with Gasteiger partial charge in [0.05, 0.1) is 49.0 Å². The number of hydrogen-bond donors (Lipinski definition) is 8. The number of H-pyrrole nitrogens is 2. The van der Waals surface area contributed by atoms with E-state index in [0.717, 1.165) is 58.7 Å². The van der Waals surface area contributed by atoms with Crippen molar-refractivity contribution in [2.24, 2.45) is 5.73 Å². The minimum absolute atomic E-state index is 0.183. The summed E-state index contributed by atoms with van der Waals surface area (Å²) in [6, 6.07) is 16.1. The largest absolute Gasteiger partial charge is 0.483 e. The van der Waals surface area contributed by atoms with Gasteiger partial charge in [-0.25, -0.2) is 9.97 Å².